The van der Waals surface area contributed by atoms with E-state index in [2.05, 4.69) is 33.2 Å². The number of nitrogens with zero attached hydrogens (tertiary/aromatic N) is 1. The Morgan fingerprint density at radius 2 is 1.83 bits per heavy atom. The molecule has 3 aromatic rings. The van der Waals surface area contributed by atoms with E-state index in [0.29, 0.717) is 22.8 Å². The van der Waals surface area contributed by atoms with Gasteiger partial charge in [-0.15, -0.1) is 11.8 Å². The molecule has 0 radical (unpaired) electrons. The number of benzene rings is 2. The van der Waals surface area contributed by atoms with Crippen LogP contribution in [0.25, 0.3) is 11.3 Å². The SMILES string of the molecule is Cc1noc(-c2ccc(Br)cc2)c1C(=O)CSCc1ccccc1. The van der Waals surface area contributed by atoms with Crippen molar-refractivity contribution < 1.29 is 9.32 Å². The summed E-state index contributed by atoms with van der Waals surface area (Å²) < 4.78 is 6.39. The second kappa shape index (κ2) is 7.81. The molecule has 0 N–H and O–H groups in total. The molecule has 0 aliphatic rings. The third-order valence-corrected chi connectivity index (χ3v) is 5.13. The molecule has 0 saturated carbocycles. The number of ketones is 1. The fourth-order valence-electron chi connectivity index (χ4n) is 2.40. The number of hydrogen-bond donors (Lipinski definition) is 0. The lowest BCUT2D eigenvalue weighted by Crippen LogP contribution is -2.05. The van der Waals surface area contributed by atoms with Gasteiger partial charge in [-0.25, -0.2) is 0 Å². The number of thioether (sulfide) groups is 1. The van der Waals surface area contributed by atoms with Crippen molar-refractivity contribution in [3.8, 4) is 11.3 Å². The van der Waals surface area contributed by atoms with Gasteiger partial charge in [0.05, 0.1) is 17.0 Å². The summed E-state index contributed by atoms with van der Waals surface area (Å²) in [6.07, 6.45) is 0. The van der Waals surface area contributed by atoms with Crippen LogP contribution in [0.5, 0.6) is 0 Å². The maximum atomic E-state index is 12.6. The number of halogens is 1. The van der Waals surface area contributed by atoms with Crippen LogP contribution < -0.4 is 0 Å². The molecule has 2 aromatic carbocycles. The molecule has 0 unspecified atom stereocenters. The van der Waals surface area contributed by atoms with Gasteiger partial charge in [-0.3, -0.25) is 4.79 Å². The summed E-state index contributed by atoms with van der Waals surface area (Å²) in [6, 6.07) is 17.8. The van der Waals surface area contributed by atoms with E-state index in [-0.39, 0.29) is 5.78 Å². The van der Waals surface area contributed by atoms with Gasteiger partial charge in [0.2, 0.25) is 0 Å². The van der Waals surface area contributed by atoms with Gasteiger partial charge in [0, 0.05) is 15.8 Å². The standard InChI is InChI=1S/C19H16BrNO2S/c1-13-18(17(22)12-24-11-14-5-3-2-4-6-14)19(23-21-13)15-7-9-16(20)10-8-15/h2-10H,11-12H2,1H3. The molecule has 122 valence electrons. The van der Waals surface area contributed by atoms with E-state index in [9.17, 15) is 4.79 Å². The van der Waals surface area contributed by atoms with E-state index < -0.39 is 0 Å². The third-order valence-electron chi connectivity index (χ3n) is 3.59. The van der Waals surface area contributed by atoms with E-state index in [1.54, 1.807) is 18.7 Å². The van der Waals surface area contributed by atoms with E-state index in [1.807, 2.05) is 42.5 Å². The van der Waals surface area contributed by atoms with Crippen molar-refractivity contribution in [2.75, 3.05) is 5.75 Å². The van der Waals surface area contributed by atoms with Crippen molar-refractivity contribution in [2.45, 2.75) is 12.7 Å². The second-order valence-corrected chi connectivity index (χ2v) is 7.28. The van der Waals surface area contributed by atoms with E-state index >= 15 is 0 Å². The molecule has 0 amide bonds. The van der Waals surface area contributed by atoms with Crippen molar-refractivity contribution in [2.24, 2.45) is 0 Å². The fraction of sp³-hybridized carbons (Fsp3) is 0.158. The van der Waals surface area contributed by atoms with Crippen LogP contribution in [0, 0.1) is 6.92 Å². The highest BCUT2D eigenvalue weighted by Crippen LogP contribution is 2.28. The highest BCUT2D eigenvalue weighted by Gasteiger charge is 2.21. The Bertz CT molecular complexity index is 828. The lowest BCUT2D eigenvalue weighted by Gasteiger charge is -2.03. The average Bonchev–Trinajstić information content (AvgIpc) is 2.98. The van der Waals surface area contributed by atoms with E-state index in [0.717, 1.165) is 15.8 Å². The minimum absolute atomic E-state index is 0.0487. The Balaban J connectivity index is 1.73. The summed E-state index contributed by atoms with van der Waals surface area (Å²) in [5.41, 5.74) is 3.29. The fourth-order valence-corrected chi connectivity index (χ4v) is 3.53. The van der Waals surface area contributed by atoms with Gasteiger partial charge in [0.25, 0.3) is 0 Å². The molecule has 0 fully saturated rings. The quantitative estimate of drug-likeness (QED) is 0.509. The van der Waals surface area contributed by atoms with Crippen LogP contribution in [0.1, 0.15) is 21.6 Å². The van der Waals surface area contributed by atoms with Crippen LogP contribution in [-0.2, 0) is 5.75 Å². The third kappa shape index (κ3) is 3.97. The van der Waals surface area contributed by atoms with Gasteiger partial charge in [-0.05, 0) is 36.8 Å². The number of Topliss-reactive ketones (excluding diaryl/α,β-unsaturated/α-hetero) is 1. The number of hydrogen-bond acceptors (Lipinski definition) is 4. The first kappa shape index (κ1) is 17.0. The molecule has 3 nitrogen and oxygen atoms in total. The first-order valence-electron chi connectivity index (χ1n) is 7.52. The lowest BCUT2D eigenvalue weighted by atomic mass is 10.0. The zero-order chi connectivity index (χ0) is 16.9. The number of aromatic nitrogens is 1. The van der Waals surface area contributed by atoms with E-state index in [4.69, 9.17) is 4.52 Å². The molecule has 1 aromatic heterocycles. The van der Waals surface area contributed by atoms with Crippen molar-refractivity contribution >= 4 is 33.5 Å². The predicted molar refractivity (Wildman–Crippen MR) is 101 cm³/mol. The number of carbonyl (C=O) groups is 1. The Morgan fingerprint density at radius 1 is 1.12 bits per heavy atom. The van der Waals surface area contributed by atoms with Gasteiger partial charge in [-0.2, -0.15) is 0 Å². The highest BCUT2D eigenvalue weighted by atomic mass is 79.9. The average molecular weight is 402 g/mol. The summed E-state index contributed by atoms with van der Waals surface area (Å²) >= 11 is 5.01. The molecule has 0 saturated heterocycles. The zero-order valence-electron chi connectivity index (χ0n) is 13.2. The minimum Gasteiger partial charge on any atom is -0.355 e. The van der Waals surface area contributed by atoms with Gasteiger partial charge in [0.15, 0.2) is 11.5 Å². The monoisotopic (exact) mass is 401 g/mol. The lowest BCUT2D eigenvalue weighted by molar-refractivity contribution is 0.102. The van der Waals surface area contributed by atoms with Crippen molar-refractivity contribution in [1.82, 2.24) is 5.16 Å². The summed E-state index contributed by atoms with van der Waals surface area (Å²) in [5, 5.41) is 3.99. The maximum absolute atomic E-state index is 12.6. The summed E-state index contributed by atoms with van der Waals surface area (Å²) in [6.45, 7) is 1.81. The number of carbonyl (C=O) groups excluding carboxylic acids is 1. The molecule has 0 aliphatic carbocycles. The number of aryl methyl sites for hydroxylation is 1. The summed E-state index contributed by atoms with van der Waals surface area (Å²) in [5.74, 6) is 1.81. The molecule has 0 spiro atoms. The smallest absolute Gasteiger partial charge is 0.178 e. The van der Waals surface area contributed by atoms with Crippen molar-refractivity contribution in [3.05, 3.63) is 75.9 Å². The Kier molecular flexibility index (Phi) is 5.53. The minimum atomic E-state index is 0.0487. The maximum Gasteiger partial charge on any atom is 0.178 e. The highest BCUT2D eigenvalue weighted by molar-refractivity contribution is 9.10. The molecule has 24 heavy (non-hydrogen) atoms. The topological polar surface area (TPSA) is 43.1 Å². The van der Waals surface area contributed by atoms with Crippen molar-refractivity contribution in [3.63, 3.8) is 0 Å². The largest absolute Gasteiger partial charge is 0.355 e. The van der Waals surface area contributed by atoms with Crippen LogP contribution in [-0.4, -0.2) is 16.7 Å². The Morgan fingerprint density at radius 3 is 2.54 bits per heavy atom. The van der Waals surface area contributed by atoms with Crippen molar-refractivity contribution in [1.29, 1.82) is 0 Å². The van der Waals surface area contributed by atoms with Crippen LogP contribution in [0.3, 0.4) is 0 Å². The van der Waals surface area contributed by atoms with Gasteiger partial charge < -0.3 is 4.52 Å². The molecule has 0 bridgehead atoms. The van der Waals surface area contributed by atoms with Crippen LogP contribution in [0.2, 0.25) is 0 Å². The van der Waals surface area contributed by atoms with E-state index in [1.165, 1.54) is 5.56 Å². The molecule has 3 rings (SSSR count). The first-order valence-corrected chi connectivity index (χ1v) is 9.47. The molecular weight excluding hydrogens is 386 g/mol. The second-order valence-electron chi connectivity index (χ2n) is 5.38. The van der Waals surface area contributed by atoms with Gasteiger partial charge in [-0.1, -0.05) is 51.4 Å². The molecular formula is C19H16BrNO2S. The van der Waals surface area contributed by atoms with Crippen LogP contribution in [0.4, 0.5) is 0 Å². The Labute approximate surface area is 153 Å². The zero-order valence-corrected chi connectivity index (χ0v) is 15.6. The molecule has 1 heterocycles. The van der Waals surface area contributed by atoms with Crippen LogP contribution in [0.15, 0.2) is 63.6 Å². The predicted octanol–water partition coefficient (Wildman–Crippen LogP) is 5.53. The molecule has 0 aliphatic heterocycles. The number of rotatable bonds is 6. The molecule has 0 atom stereocenters. The van der Waals surface area contributed by atoms with Crippen LogP contribution >= 0.6 is 27.7 Å². The normalized spacial score (nSPS) is 10.8. The summed E-state index contributed by atoms with van der Waals surface area (Å²) in [4.78, 5) is 12.6. The Hall–Kier alpha value is -1.85. The van der Waals surface area contributed by atoms with Gasteiger partial charge >= 0.3 is 0 Å². The summed E-state index contributed by atoms with van der Waals surface area (Å²) in [7, 11) is 0. The van der Waals surface area contributed by atoms with Gasteiger partial charge in [0.1, 0.15) is 0 Å². The first-order chi connectivity index (χ1) is 11.6. The molecule has 5 heteroatoms.